The number of nitrogens with zero attached hydrogens (tertiary/aromatic N) is 2. The van der Waals surface area contributed by atoms with Crippen molar-refractivity contribution in [1.29, 1.82) is 0 Å². The fourth-order valence-electron chi connectivity index (χ4n) is 2.87. The second-order valence-corrected chi connectivity index (χ2v) is 7.54. The highest BCUT2D eigenvalue weighted by Crippen LogP contribution is 2.22. The molecular formula is C20H34ClN5O. The van der Waals surface area contributed by atoms with Crippen LogP contribution in [0.1, 0.15) is 39.7 Å². The zero-order valence-corrected chi connectivity index (χ0v) is 18.2. The minimum atomic E-state index is -0.0884. The van der Waals surface area contributed by atoms with Gasteiger partial charge in [-0.2, -0.15) is 0 Å². The molecular weight excluding hydrogens is 362 g/mol. The van der Waals surface area contributed by atoms with E-state index >= 15 is 0 Å². The molecule has 0 aliphatic heterocycles. The molecule has 0 saturated heterocycles. The summed E-state index contributed by atoms with van der Waals surface area (Å²) in [5.41, 5.74) is 1.69. The number of guanidine groups is 1. The van der Waals surface area contributed by atoms with Gasteiger partial charge in [-0.3, -0.25) is 14.7 Å². The maximum Gasteiger partial charge on any atom is 0.226 e. The van der Waals surface area contributed by atoms with Crippen LogP contribution in [0, 0.1) is 6.92 Å². The predicted octanol–water partition coefficient (Wildman–Crippen LogP) is 3.26. The Bertz CT molecular complexity index is 623. The molecule has 0 unspecified atom stereocenters. The number of nitrogens with one attached hydrogen (secondary N) is 3. The predicted molar refractivity (Wildman–Crippen MR) is 116 cm³/mol. The Kier molecular flexibility index (Phi) is 10.2. The summed E-state index contributed by atoms with van der Waals surface area (Å²) in [6.07, 6.45) is 0.328. The fraction of sp³-hybridized carbons (Fsp3) is 0.600. The smallest absolute Gasteiger partial charge is 0.226 e. The highest BCUT2D eigenvalue weighted by Gasteiger charge is 2.12. The van der Waals surface area contributed by atoms with Crippen molar-refractivity contribution in [2.45, 2.75) is 53.1 Å². The molecule has 0 spiro atoms. The van der Waals surface area contributed by atoms with E-state index in [1.165, 1.54) is 0 Å². The van der Waals surface area contributed by atoms with Gasteiger partial charge in [0, 0.05) is 45.2 Å². The first-order valence-electron chi connectivity index (χ1n) is 9.50. The first kappa shape index (κ1) is 23.2. The Morgan fingerprint density at radius 2 is 1.78 bits per heavy atom. The highest BCUT2D eigenvalue weighted by molar-refractivity contribution is 6.33. The lowest BCUT2D eigenvalue weighted by atomic mass is 10.2. The molecule has 3 N–H and O–H groups in total. The number of carbonyl (C=O) groups excluding carboxylic acids is 1. The van der Waals surface area contributed by atoms with Gasteiger partial charge in [0.2, 0.25) is 5.91 Å². The fourth-order valence-corrected chi connectivity index (χ4v) is 3.15. The molecule has 27 heavy (non-hydrogen) atoms. The summed E-state index contributed by atoms with van der Waals surface area (Å²) in [6.45, 7) is 13.0. The molecule has 1 aromatic rings. The number of hydrogen-bond acceptors (Lipinski definition) is 3. The molecule has 0 fully saturated rings. The van der Waals surface area contributed by atoms with Gasteiger partial charge in [0.1, 0.15) is 0 Å². The third kappa shape index (κ3) is 8.63. The Hall–Kier alpha value is -1.79. The lowest BCUT2D eigenvalue weighted by Gasteiger charge is -2.30. The van der Waals surface area contributed by atoms with E-state index in [1.807, 2.05) is 25.1 Å². The van der Waals surface area contributed by atoms with E-state index in [9.17, 15) is 4.79 Å². The van der Waals surface area contributed by atoms with Crippen molar-refractivity contribution in [3.63, 3.8) is 0 Å². The van der Waals surface area contributed by atoms with Crippen molar-refractivity contribution in [3.05, 3.63) is 28.8 Å². The summed E-state index contributed by atoms with van der Waals surface area (Å²) >= 11 is 6.14. The van der Waals surface area contributed by atoms with Crippen molar-refractivity contribution in [1.82, 2.24) is 15.5 Å². The van der Waals surface area contributed by atoms with Gasteiger partial charge >= 0.3 is 0 Å². The minimum absolute atomic E-state index is 0.0884. The average molecular weight is 396 g/mol. The number of benzene rings is 1. The van der Waals surface area contributed by atoms with Crippen molar-refractivity contribution in [3.8, 4) is 0 Å². The SMILES string of the molecule is CN=C(NCCC(=O)Nc1ccc(C)cc1Cl)NCCN(C(C)C)C(C)C. The van der Waals surface area contributed by atoms with E-state index in [1.54, 1.807) is 7.05 Å². The molecule has 0 atom stereocenters. The molecule has 152 valence electrons. The van der Waals surface area contributed by atoms with Crippen LogP contribution in [0.15, 0.2) is 23.2 Å². The standard InChI is InChI=1S/C20H34ClN5O/c1-14(2)26(15(3)4)12-11-24-20(22-6)23-10-9-19(27)25-18-8-7-16(5)13-17(18)21/h7-8,13-15H,9-12H2,1-6H3,(H,25,27)(H2,22,23,24). The van der Waals surface area contributed by atoms with Crippen LogP contribution >= 0.6 is 11.6 Å². The maximum absolute atomic E-state index is 12.1. The lowest BCUT2D eigenvalue weighted by molar-refractivity contribution is -0.116. The van der Waals surface area contributed by atoms with E-state index in [0.29, 0.717) is 41.7 Å². The minimum Gasteiger partial charge on any atom is -0.356 e. The molecule has 1 rings (SSSR count). The summed E-state index contributed by atoms with van der Waals surface area (Å²) in [4.78, 5) is 18.7. The zero-order chi connectivity index (χ0) is 20.4. The first-order chi connectivity index (χ1) is 12.7. The molecule has 0 aliphatic rings. The second-order valence-electron chi connectivity index (χ2n) is 7.13. The maximum atomic E-state index is 12.1. The molecule has 0 bridgehead atoms. The highest BCUT2D eigenvalue weighted by atomic mass is 35.5. The van der Waals surface area contributed by atoms with Crippen molar-refractivity contribution in [2.75, 3.05) is 32.0 Å². The summed E-state index contributed by atoms with van der Waals surface area (Å²) in [7, 11) is 1.73. The van der Waals surface area contributed by atoms with Gasteiger partial charge in [0.25, 0.3) is 0 Å². The van der Waals surface area contributed by atoms with E-state index in [-0.39, 0.29) is 5.91 Å². The quantitative estimate of drug-likeness (QED) is 0.443. The Labute approximate surface area is 168 Å². The summed E-state index contributed by atoms with van der Waals surface area (Å²) in [6, 6.07) is 6.57. The third-order valence-electron chi connectivity index (χ3n) is 4.26. The van der Waals surface area contributed by atoms with Crippen molar-refractivity contribution in [2.24, 2.45) is 4.99 Å². The molecule has 1 aromatic carbocycles. The molecule has 6 nitrogen and oxygen atoms in total. The van der Waals surface area contributed by atoms with Gasteiger partial charge in [-0.25, -0.2) is 0 Å². The van der Waals surface area contributed by atoms with Crippen molar-refractivity contribution >= 4 is 29.2 Å². The number of hydrogen-bond donors (Lipinski definition) is 3. The van der Waals surface area contributed by atoms with Gasteiger partial charge < -0.3 is 16.0 Å². The van der Waals surface area contributed by atoms with E-state index < -0.39 is 0 Å². The Morgan fingerprint density at radius 3 is 2.33 bits per heavy atom. The van der Waals surface area contributed by atoms with Gasteiger partial charge in [0.15, 0.2) is 5.96 Å². The van der Waals surface area contributed by atoms with Crippen LogP contribution in [-0.2, 0) is 4.79 Å². The van der Waals surface area contributed by atoms with Crippen LogP contribution < -0.4 is 16.0 Å². The molecule has 7 heteroatoms. The Morgan fingerprint density at radius 1 is 1.15 bits per heavy atom. The topological polar surface area (TPSA) is 68.8 Å². The molecule has 0 radical (unpaired) electrons. The largest absolute Gasteiger partial charge is 0.356 e. The van der Waals surface area contributed by atoms with Crippen LogP contribution in [0.2, 0.25) is 5.02 Å². The van der Waals surface area contributed by atoms with Crippen molar-refractivity contribution < 1.29 is 4.79 Å². The van der Waals surface area contributed by atoms with Crippen LogP contribution in [0.3, 0.4) is 0 Å². The molecule has 0 saturated carbocycles. The lowest BCUT2D eigenvalue weighted by Crippen LogP contribution is -2.45. The van der Waals surface area contributed by atoms with Crippen LogP contribution in [0.4, 0.5) is 5.69 Å². The molecule has 1 amide bonds. The average Bonchev–Trinajstić information content (AvgIpc) is 2.58. The summed E-state index contributed by atoms with van der Waals surface area (Å²) in [5, 5.41) is 9.85. The van der Waals surface area contributed by atoms with Gasteiger partial charge in [-0.1, -0.05) is 17.7 Å². The van der Waals surface area contributed by atoms with Crippen LogP contribution in [0.25, 0.3) is 0 Å². The number of carbonyl (C=O) groups is 1. The van der Waals surface area contributed by atoms with Gasteiger partial charge in [-0.15, -0.1) is 0 Å². The monoisotopic (exact) mass is 395 g/mol. The van der Waals surface area contributed by atoms with Crippen LogP contribution in [0.5, 0.6) is 0 Å². The first-order valence-corrected chi connectivity index (χ1v) is 9.88. The third-order valence-corrected chi connectivity index (χ3v) is 4.57. The zero-order valence-electron chi connectivity index (χ0n) is 17.4. The number of halogens is 1. The number of rotatable bonds is 9. The molecule has 0 aliphatic carbocycles. The van der Waals surface area contributed by atoms with Gasteiger partial charge in [0.05, 0.1) is 10.7 Å². The van der Waals surface area contributed by atoms with Gasteiger partial charge in [-0.05, 0) is 52.3 Å². The van der Waals surface area contributed by atoms with E-state index in [0.717, 1.165) is 18.7 Å². The van der Waals surface area contributed by atoms with E-state index in [4.69, 9.17) is 11.6 Å². The second kappa shape index (κ2) is 11.8. The number of anilines is 1. The van der Waals surface area contributed by atoms with Crippen LogP contribution in [-0.4, -0.2) is 55.5 Å². The number of aryl methyl sites for hydroxylation is 1. The number of amides is 1. The molecule has 0 aromatic heterocycles. The Balaban J connectivity index is 2.35. The normalized spacial score (nSPS) is 12.0. The van der Waals surface area contributed by atoms with E-state index in [2.05, 4.69) is 53.5 Å². The number of aliphatic imine (C=N–C) groups is 1. The summed E-state index contributed by atoms with van der Waals surface area (Å²) < 4.78 is 0. The molecule has 0 heterocycles. The summed E-state index contributed by atoms with van der Waals surface area (Å²) in [5.74, 6) is 0.609.